The lowest BCUT2D eigenvalue weighted by Crippen LogP contribution is -2.37. The molecular weight excluding hydrogens is 272 g/mol. The second-order valence-electron chi connectivity index (χ2n) is 3.64. The van der Waals surface area contributed by atoms with Gasteiger partial charge in [0.1, 0.15) is 0 Å². The Bertz CT molecular complexity index is 494. The zero-order valence-corrected chi connectivity index (χ0v) is 11.8. The zero-order chi connectivity index (χ0) is 13.6. The topological polar surface area (TPSA) is 66.5 Å². The van der Waals surface area contributed by atoms with Crippen LogP contribution in [0, 0.1) is 0 Å². The standard InChI is InChI=1S/C11H16N2O3S2/c1-3-7-13(18(2,15)16)8-6-12-11(14)10-5-4-9-17-10/h3-5,9H,1,6-8H2,2H3,(H,12,14). The number of amides is 1. The molecule has 0 saturated heterocycles. The summed E-state index contributed by atoms with van der Waals surface area (Å²) in [5.41, 5.74) is 0. The third-order valence-electron chi connectivity index (χ3n) is 2.19. The van der Waals surface area contributed by atoms with E-state index in [0.717, 1.165) is 6.26 Å². The van der Waals surface area contributed by atoms with E-state index >= 15 is 0 Å². The van der Waals surface area contributed by atoms with E-state index in [9.17, 15) is 13.2 Å². The zero-order valence-electron chi connectivity index (χ0n) is 10.1. The average molecular weight is 288 g/mol. The number of sulfonamides is 1. The number of hydrogen-bond donors (Lipinski definition) is 1. The summed E-state index contributed by atoms with van der Waals surface area (Å²) in [6.45, 7) is 4.26. The minimum absolute atomic E-state index is 0.183. The number of carbonyl (C=O) groups excluding carboxylic acids is 1. The maximum absolute atomic E-state index is 11.6. The van der Waals surface area contributed by atoms with Gasteiger partial charge in [-0.05, 0) is 11.4 Å². The van der Waals surface area contributed by atoms with Gasteiger partial charge >= 0.3 is 0 Å². The highest BCUT2D eigenvalue weighted by Gasteiger charge is 2.15. The van der Waals surface area contributed by atoms with E-state index in [1.54, 1.807) is 12.1 Å². The SMILES string of the molecule is C=CCN(CCNC(=O)c1cccs1)S(C)(=O)=O. The molecule has 0 unspecified atom stereocenters. The molecule has 0 aliphatic rings. The summed E-state index contributed by atoms with van der Waals surface area (Å²) in [5, 5.41) is 4.49. The van der Waals surface area contributed by atoms with Crippen LogP contribution in [0.15, 0.2) is 30.2 Å². The summed E-state index contributed by atoms with van der Waals surface area (Å²) in [4.78, 5) is 12.2. The number of thiophene rings is 1. The number of nitrogens with zero attached hydrogens (tertiary/aromatic N) is 1. The second kappa shape index (κ2) is 6.67. The quantitative estimate of drug-likeness (QED) is 0.759. The molecule has 0 saturated carbocycles. The van der Waals surface area contributed by atoms with Crippen molar-refractivity contribution in [1.82, 2.24) is 9.62 Å². The van der Waals surface area contributed by atoms with Gasteiger partial charge in [0.15, 0.2) is 0 Å². The highest BCUT2D eigenvalue weighted by atomic mass is 32.2. The molecule has 0 radical (unpaired) electrons. The van der Waals surface area contributed by atoms with Crippen molar-refractivity contribution in [1.29, 1.82) is 0 Å². The van der Waals surface area contributed by atoms with Crippen LogP contribution in [0.25, 0.3) is 0 Å². The first-order valence-electron chi connectivity index (χ1n) is 5.33. The van der Waals surface area contributed by atoms with Gasteiger partial charge in [0.05, 0.1) is 11.1 Å². The van der Waals surface area contributed by atoms with Gasteiger partial charge in [0.2, 0.25) is 10.0 Å². The van der Waals surface area contributed by atoms with Gasteiger partial charge in [-0.25, -0.2) is 8.42 Å². The molecule has 0 fully saturated rings. The lowest BCUT2D eigenvalue weighted by Gasteiger charge is -2.17. The van der Waals surface area contributed by atoms with Crippen LogP contribution in [-0.4, -0.2) is 44.5 Å². The summed E-state index contributed by atoms with van der Waals surface area (Å²) >= 11 is 1.35. The number of hydrogen-bond acceptors (Lipinski definition) is 4. The van der Waals surface area contributed by atoms with E-state index in [1.807, 2.05) is 5.38 Å². The van der Waals surface area contributed by atoms with Crippen molar-refractivity contribution in [3.8, 4) is 0 Å². The molecule has 7 heteroatoms. The Labute approximate surface area is 111 Å². The summed E-state index contributed by atoms with van der Waals surface area (Å²) in [5.74, 6) is -0.183. The van der Waals surface area contributed by atoms with Crippen molar-refractivity contribution in [2.75, 3.05) is 25.9 Å². The minimum atomic E-state index is -3.27. The Morgan fingerprint density at radius 3 is 2.83 bits per heavy atom. The minimum Gasteiger partial charge on any atom is -0.350 e. The lowest BCUT2D eigenvalue weighted by atomic mass is 10.4. The van der Waals surface area contributed by atoms with Crippen LogP contribution >= 0.6 is 11.3 Å². The summed E-state index contributed by atoms with van der Waals surface area (Å²) in [6, 6.07) is 3.51. The molecule has 1 rings (SSSR count). The Morgan fingerprint density at radius 1 is 1.61 bits per heavy atom. The van der Waals surface area contributed by atoms with Crippen LogP contribution in [-0.2, 0) is 10.0 Å². The lowest BCUT2D eigenvalue weighted by molar-refractivity contribution is 0.0956. The molecule has 1 amide bonds. The van der Waals surface area contributed by atoms with Crippen molar-refractivity contribution >= 4 is 27.3 Å². The molecule has 0 aliphatic carbocycles. The van der Waals surface area contributed by atoms with Gasteiger partial charge in [-0.1, -0.05) is 12.1 Å². The van der Waals surface area contributed by atoms with Crippen LogP contribution in [0.4, 0.5) is 0 Å². The van der Waals surface area contributed by atoms with Crippen LogP contribution in [0.1, 0.15) is 9.67 Å². The highest BCUT2D eigenvalue weighted by molar-refractivity contribution is 7.88. The fraction of sp³-hybridized carbons (Fsp3) is 0.364. The van der Waals surface area contributed by atoms with Gasteiger partial charge < -0.3 is 5.32 Å². The van der Waals surface area contributed by atoms with E-state index in [-0.39, 0.29) is 25.5 Å². The maximum Gasteiger partial charge on any atom is 0.261 e. The monoisotopic (exact) mass is 288 g/mol. The van der Waals surface area contributed by atoms with Crippen molar-refractivity contribution < 1.29 is 13.2 Å². The molecule has 1 heterocycles. The Hall–Kier alpha value is -1.18. The Balaban J connectivity index is 2.44. The van der Waals surface area contributed by atoms with Crippen molar-refractivity contribution in [3.05, 3.63) is 35.0 Å². The highest BCUT2D eigenvalue weighted by Crippen LogP contribution is 2.07. The molecule has 5 nitrogen and oxygen atoms in total. The van der Waals surface area contributed by atoms with E-state index in [2.05, 4.69) is 11.9 Å². The van der Waals surface area contributed by atoms with Crippen LogP contribution in [0.2, 0.25) is 0 Å². The van der Waals surface area contributed by atoms with Crippen molar-refractivity contribution in [3.63, 3.8) is 0 Å². The molecule has 0 atom stereocenters. The molecule has 18 heavy (non-hydrogen) atoms. The predicted molar refractivity (Wildman–Crippen MR) is 73.3 cm³/mol. The maximum atomic E-state index is 11.6. The van der Waals surface area contributed by atoms with E-state index < -0.39 is 10.0 Å². The van der Waals surface area contributed by atoms with Crippen molar-refractivity contribution in [2.24, 2.45) is 0 Å². The summed E-state index contributed by atoms with van der Waals surface area (Å²) < 4.78 is 24.0. The fourth-order valence-electron chi connectivity index (χ4n) is 1.33. The van der Waals surface area contributed by atoms with Gasteiger partial charge in [0, 0.05) is 19.6 Å². The first kappa shape index (κ1) is 14.9. The molecular formula is C11H16N2O3S2. The van der Waals surface area contributed by atoms with Gasteiger partial charge in [-0.2, -0.15) is 4.31 Å². The van der Waals surface area contributed by atoms with E-state index in [4.69, 9.17) is 0 Å². The largest absolute Gasteiger partial charge is 0.350 e. The molecule has 0 bridgehead atoms. The fourth-order valence-corrected chi connectivity index (χ4v) is 2.76. The Kier molecular flexibility index (Phi) is 5.52. The van der Waals surface area contributed by atoms with Gasteiger partial charge in [-0.3, -0.25) is 4.79 Å². The molecule has 0 spiro atoms. The molecule has 1 aromatic heterocycles. The van der Waals surface area contributed by atoms with Crippen LogP contribution < -0.4 is 5.32 Å². The number of nitrogens with one attached hydrogen (secondary N) is 1. The average Bonchev–Trinajstić information content (AvgIpc) is 2.79. The van der Waals surface area contributed by atoms with Gasteiger partial charge in [0.25, 0.3) is 5.91 Å². The molecule has 0 aliphatic heterocycles. The molecule has 1 N–H and O–H groups in total. The smallest absolute Gasteiger partial charge is 0.261 e. The molecule has 1 aromatic rings. The van der Waals surface area contributed by atoms with Crippen molar-refractivity contribution in [2.45, 2.75) is 0 Å². The summed E-state index contributed by atoms with van der Waals surface area (Å²) in [6.07, 6.45) is 2.65. The molecule has 100 valence electrons. The first-order chi connectivity index (χ1) is 8.45. The number of carbonyl (C=O) groups is 1. The third-order valence-corrected chi connectivity index (χ3v) is 4.33. The predicted octanol–water partition coefficient (Wildman–Crippen LogP) is 0.925. The Morgan fingerprint density at radius 2 is 2.33 bits per heavy atom. The van der Waals surface area contributed by atoms with E-state index in [0.29, 0.717) is 4.88 Å². The first-order valence-corrected chi connectivity index (χ1v) is 8.05. The molecule has 0 aromatic carbocycles. The van der Waals surface area contributed by atoms with Gasteiger partial charge in [-0.15, -0.1) is 17.9 Å². The normalized spacial score (nSPS) is 11.4. The number of rotatable bonds is 7. The second-order valence-corrected chi connectivity index (χ2v) is 6.57. The van der Waals surface area contributed by atoms with Crippen LogP contribution in [0.5, 0.6) is 0 Å². The van der Waals surface area contributed by atoms with Crippen LogP contribution in [0.3, 0.4) is 0 Å². The summed E-state index contributed by atoms with van der Waals surface area (Å²) in [7, 11) is -3.27. The van der Waals surface area contributed by atoms with E-state index in [1.165, 1.54) is 21.7 Å². The third kappa shape index (κ3) is 4.59.